The first-order valence-corrected chi connectivity index (χ1v) is 11.2. The van der Waals surface area contributed by atoms with Gasteiger partial charge in [0, 0.05) is 4.88 Å². The highest BCUT2D eigenvalue weighted by Crippen LogP contribution is 2.28. The van der Waals surface area contributed by atoms with E-state index in [2.05, 4.69) is 11.0 Å². The lowest BCUT2D eigenvalue weighted by Gasteiger charge is -2.34. The number of anilines is 1. The number of thiazole rings is 1. The number of benzene rings is 1. The smallest absolute Gasteiger partial charge is 0.288 e. The van der Waals surface area contributed by atoms with Crippen molar-refractivity contribution >= 4 is 49.8 Å². The number of nitrogens with one attached hydrogen (secondary N) is 1. The molecule has 2 aliphatic rings. The summed E-state index contributed by atoms with van der Waals surface area (Å²) in [7, 11) is 0. The summed E-state index contributed by atoms with van der Waals surface area (Å²) in [5, 5.41) is 3.03. The van der Waals surface area contributed by atoms with Crippen molar-refractivity contribution in [3.63, 3.8) is 0 Å². The molecule has 0 radical (unpaired) electrons. The molecule has 2 saturated heterocycles. The normalized spacial score (nSPS) is 21.2. The highest BCUT2D eigenvalue weighted by Gasteiger charge is 2.45. The maximum absolute atomic E-state index is 12.9. The van der Waals surface area contributed by atoms with Crippen molar-refractivity contribution in [1.29, 1.82) is 0 Å². The standard InChI is InChI=1S/C20H20N4O2S2/c25-18-12-16(19(26)24(18)13-14-4-3-11-27-14)22-7-9-23(10-8-22)20-21-15-5-1-2-6-17(15)28-20/h1-6,11,16H,7-10,12-13H2/p+1/t16-/m0/s1. The third-order valence-corrected chi connectivity index (χ3v) is 7.55. The van der Waals surface area contributed by atoms with Gasteiger partial charge < -0.3 is 9.80 Å². The van der Waals surface area contributed by atoms with E-state index in [1.165, 1.54) is 14.5 Å². The van der Waals surface area contributed by atoms with Crippen LogP contribution >= 0.6 is 22.7 Å². The molecule has 144 valence electrons. The number of hydrogen-bond donors (Lipinski definition) is 1. The number of nitrogens with zero attached hydrogens (tertiary/aromatic N) is 3. The van der Waals surface area contributed by atoms with Crippen LogP contribution in [0.4, 0.5) is 5.13 Å². The Hall–Kier alpha value is -2.29. The molecule has 0 saturated carbocycles. The molecular formula is C20H21N4O2S2+. The topological polar surface area (TPSA) is 58.0 Å². The second-order valence-corrected chi connectivity index (χ2v) is 9.30. The number of quaternary nitrogens is 1. The first kappa shape index (κ1) is 17.8. The number of hydrogen-bond acceptors (Lipinski definition) is 6. The molecule has 8 heteroatoms. The predicted octanol–water partition coefficient (Wildman–Crippen LogP) is 1.39. The molecule has 5 rings (SSSR count). The summed E-state index contributed by atoms with van der Waals surface area (Å²) in [5.74, 6) is -0.0497. The zero-order chi connectivity index (χ0) is 19.1. The van der Waals surface area contributed by atoms with Gasteiger partial charge in [0.1, 0.15) is 0 Å². The fourth-order valence-electron chi connectivity index (χ4n) is 4.06. The van der Waals surface area contributed by atoms with Gasteiger partial charge in [0.2, 0.25) is 5.91 Å². The van der Waals surface area contributed by atoms with E-state index >= 15 is 0 Å². The number of rotatable bonds is 4. The van der Waals surface area contributed by atoms with Crippen LogP contribution in [0.1, 0.15) is 11.3 Å². The summed E-state index contributed by atoms with van der Waals surface area (Å²) in [5.41, 5.74) is 1.04. The molecule has 3 aromatic rings. The van der Waals surface area contributed by atoms with Gasteiger partial charge in [-0.2, -0.15) is 0 Å². The Kier molecular flexibility index (Phi) is 4.62. The van der Waals surface area contributed by atoms with Gasteiger partial charge in [-0.3, -0.25) is 14.5 Å². The number of imide groups is 1. The Morgan fingerprint density at radius 1 is 1.11 bits per heavy atom. The molecule has 1 atom stereocenters. The minimum atomic E-state index is -0.232. The summed E-state index contributed by atoms with van der Waals surface area (Å²) in [6, 6.07) is 11.9. The number of para-hydroxylation sites is 1. The van der Waals surface area contributed by atoms with Crippen molar-refractivity contribution in [2.24, 2.45) is 0 Å². The van der Waals surface area contributed by atoms with Gasteiger partial charge >= 0.3 is 0 Å². The lowest BCUT2D eigenvalue weighted by Crippen LogP contribution is -3.19. The molecule has 6 nitrogen and oxygen atoms in total. The maximum Gasteiger partial charge on any atom is 0.288 e. The molecule has 1 aromatic carbocycles. The number of piperazine rings is 1. The fraction of sp³-hybridized carbons (Fsp3) is 0.350. The molecular weight excluding hydrogens is 392 g/mol. The molecule has 0 spiro atoms. The monoisotopic (exact) mass is 413 g/mol. The molecule has 0 bridgehead atoms. The molecule has 28 heavy (non-hydrogen) atoms. The van der Waals surface area contributed by atoms with Gasteiger partial charge in [0.25, 0.3) is 5.91 Å². The average Bonchev–Trinajstić information content (AvgIpc) is 3.44. The van der Waals surface area contributed by atoms with Crippen molar-refractivity contribution < 1.29 is 14.5 Å². The van der Waals surface area contributed by atoms with Crippen LogP contribution in [-0.2, 0) is 16.1 Å². The summed E-state index contributed by atoms with van der Waals surface area (Å²) in [4.78, 5) is 36.1. The maximum atomic E-state index is 12.9. The lowest BCUT2D eigenvalue weighted by molar-refractivity contribution is -0.915. The quantitative estimate of drug-likeness (QED) is 0.657. The van der Waals surface area contributed by atoms with Crippen molar-refractivity contribution in [2.75, 3.05) is 31.1 Å². The minimum Gasteiger partial charge on any atom is -0.337 e. The summed E-state index contributed by atoms with van der Waals surface area (Å²) in [6.07, 6.45) is 0.334. The van der Waals surface area contributed by atoms with Gasteiger partial charge in [-0.15, -0.1) is 11.3 Å². The molecule has 0 unspecified atom stereocenters. The third kappa shape index (κ3) is 3.21. The molecule has 0 aliphatic carbocycles. The number of likely N-dealkylation sites (tertiary alicyclic amines) is 1. The molecule has 2 aromatic heterocycles. The Bertz CT molecular complexity index is 975. The van der Waals surface area contributed by atoms with Gasteiger partial charge in [0.15, 0.2) is 11.2 Å². The van der Waals surface area contributed by atoms with E-state index in [9.17, 15) is 9.59 Å². The van der Waals surface area contributed by atoms with Crippen LogP contribution in [0.3, 0.4) is 0 Å². The van der Waals surface area contributed by atoms with Crippen molar-refractivity contribution in [3.05, 3.63) is 46.7 Å². The highest BCUT2D eigenvalue weighted by atomic mass is 32.1. The van der Waals surface area contributed by atoms with Crippen LogP contribution in [0.15, 0.2) is 41.8 Å². The predicted molar refractivity (Wildman–Crippen MR) is 111 cm³/mol. The number of fused-ring (bicyclic) bond motifs is 1. The summed E-state index contributed by atoms with van der Waals surface area (Å²) in [6.45, 7) is 3.84. The zero-order valence-electron chi connectivity index (χ0n) is 15.3. The minimum absolute atomic E-state index is 0.0122. The van der Waals surface area contributed by atoms with Crippen molar-refractivity contribution in [1.82, 2.24) is 9.88 Å². The van der Waals surface area contributed by atoms with Crippen LogP contribution in [0.2, 0.25) is 0 Å². The first-order valence-electron chi connectivity index (χ1n) is 9.51. The molecule has 4 heterocycles. The van der Waals surface area contributed by atoms with Crippen LogP contribution in [0.25, 0.3) is 10.2 Å². The van der Waals surface area contributed by atoms with E-state index in [0.29, 0.717) is 13.0 Å². The Balaban J connectivity index is 1.24. The van der Waals surface area contributed by atoms with Crippen LogP contribution in [0, 0.1) is 0 Å². The SMILES string of the molecule is O=C1C[C@H]([NH+]2CCN(c3nc4ccccc4s3)CC2)C(=O)N1Cc1cccs1. The van der Waals surface area contributed by atoms with Crippen LogP contribution in [0.5, 0.6) is 0 Å². The summed E-state index contributed by atoms with van der Waals surface area (Å²) < 4.78 is 1.20. The van der Waals surface area contributed by atoms with Gasteiger partial charge in [-0.1, -0.05) is 29.5 Å². The number of thiophene rings is 1. The van der Waals surface area contributed by atoms with E-state index in [0.717, 1.165) is 41.7 Å². The van der Waals surface area contributed by atoms with Gasteiger partial charge in [-0.05, 0) is 23.6 Å². The second kappa shape index (κ2) is 7.27. The largest absolute Gasteiger partial charge is 0.337 e. The van der Waals surface area contributed by atoms with Crippen LogP contribution < -0.4 is 9.80 Å². The first-order chi connectivity index (χ1) is 13.7. The third-order valence-electron chi connectivity index (χ3n) is 5.59. The number of carbonyl (C=O) groups excluding carboxylic acids is 2. The fourth-order valence-corrected chi connectivity index (χ4v) is 5.77. The Labute approximate surface area is 171 Å². The lowest BCUT2D eigenvalue weighted by atomic mass is 10.2. The van der Waals surface area contributed by atoms with Crippen molar-refractivity contribution in [2.45, 2.75) is 19.0 Å². The average molecular weight is 414 g/mol. The van der Waals surface area contributed by atoms with Gasteiger partial charge in [-0.25, -0.2) is 4.98 Å². The highest BCUT2D eigenvalue weighted by molar-refractivity contribution is 7.22. The van der Waals surface area contributed by atoms with E-state index in [1.54, 1.807) is 22.7 Å². The Morgan fingerprint density at radius 3 is 2.68 bits per heavy atom. The van der Waals surface area contributed by atoms with Crippen molar-refractivity contribution in [3.8, 4) is 0 Å². The zero-order valence-corrected chi connectivity index (χ0v) is 17.0. The van der Waals surface area contributed by atoms with Gasteiger partial charge in [0.05, 0.1) is 49.4 Å². The second-order valence-electron chi connectivity index (χ2n) is 7.26. The number of aromatic nitrogens is 1. The van der Waals surface area contributed by atoms with E-state index in [4.69, 9.17) is 4.98 Å². The summed E-state index contributed by atoms with van der Waals surface area (Å²) >= 11 is 3.30. The Morgan fingerprint density at radius 2 is 1.93 bits per heavy atom. The number of amides is 2. The van der Waals surface area contributed by atoms with E-state index in [1.807, 2.05) is 35.7 Å². The molecule has 2 amide bonds. The van der Waals surface area contributed by atoms with E-state index in [-0.39, 0.29) is 17.9 Å². The van der Waals surface area contributed by atoms with Crippen LogP contribution in [-0.4, -0.2) is 53.9 Å². The molecule has 1 N–H and O–H groups in total. The molecule has 2 fully saturated rings. The molecule has 2 aliphatic heterocycles. The number of carbonyl (C=O) groups is 2. The van der Waals surface area contributed by atoms with E-state index < -0.39 is 0 Å².